The van der Waals surface area contributed by atoms with Crippen LogP contribution in [0.15, 0.2) is 53.2 Å². The molecule has 0 unspecified atom stereocenters. The number of furan rings is 1. The predicted octanol–water partition coefficient (Wildman–Crippen LogP) is 2.29. The van der Waals surface area contributed by atoms with Gasteiger partial charge < -0.3 is 14.5 Å². The van der Waals surface area contributed by atoms with E-state index < -0.39 is 24.3 Å². The number of carbonyl (C=O) groups excluding carboxylic acids is 2. The van der Waals surface area contributed by atoms with Crippen LogP contribution in [0, 0.1) is 5.82 Å². The van der Waals surface area contributed by atoms with Crippen molar-refractivity contribution in [2.24, 2.45) is 0 Å². The van der Waals surface area contributed by atoms with E-state index in [1.165, 1.54) is 30.5 Å². The van der Waals surface area contributed by atoms with Gasteiger partial charge >= 0.3 is 5.97 Å². The summed E-state index contributed by atoms with van der Waals surface area (Å²) in [6.07, 6.45) is 4.04. The molecule has 114 valence electrons. The van der Waals surface area contributed by atoms with Crippen molar-refractivity contribution in [1.29, 1.82) is 0 Å². The molecule has 0 atom stereocenters. The van der Waals surface area contributed by atoms with Crippen molar-refractivity contribution in [2.45, 2.75) is 6.54 Å². The van der Waals surface area contributed by atoms with Crippen LogP contribution in [0.2, 0.25) is 0 Å². The van der Waals surface area contributed by atoms with Crippen molar-refractivity contribution in [3.05, 3.63) is 65.9 Å². The van der Waals surface area contributed by atoms with Crippen molar-refractivity contribution in [2.75, 3.05) is 6.61 Å². The molecule has 0 fully saturated rings. The normalized spacial score (nSPS) is 10.6. The number of hydrogen-bond donors (Lipinski definition) is 1. The van der Waals surface area contributed by atoms with Gasteiger partial charge in [0.05, 0.1) is 12.8 Å². The third-order valence-electron chi connectivity index (χ3n) is 2.65. The molecular formula is C16H14FNO4. The first-order chi connectivity index (χ1) is 10.6. The van der Waals surface area contributed by atoms with Gasteiger partial charge in [-0.1, -0.05) is 12.1 Å². The molecule has 1 aromatic heterocycles. The van der Waals surface area contributed by atoms with E-state index in [4.69, 9.17) is 9.15 Å². The molecule has 1 N–H and O–H groups in total. The van der Waals surface area contributed by atoms with Gasteiger partial charge in [-0.05, 0) is 35.9 Å². The van der Waals surface area contributed by atoms with Gasteiger partial charge in [-0.15, -0.1) is 0 Å². The summed E-state index contributed by atoms with van der Waals surface area (Å²) < 4.78 is 22.7. The highest BCUT2D eigenvalue weighted by molar-refractivity contribution is 5.89. The SMILES string of the molecule is O=C(COC(=O)/C=C\c1cccc(F)c1)NCc1ccco1. The molecule has 1 amide bonds. The van der Waals surface area contributed by atoms with Crippen LogP contribution in [0.4, 0.5) is 4.39 Å². The minimum atomic E-state index is -0.683. The van der Waals surface area contributed by atoms with Crippen molar-refractivity contribution < 1.29 is 23.1 Å². The molecule has 0 aliphatic rings. The Labute approximate surface area is 126 Å². The molecule has 2 aromatic rings. The van der Waals surface area contributed by atoms with E-state index in [-0.39, 0.29) is 6.54 Å². The van der Waals surface area contributed by atoms with E-state index in [0.29, 0.717) is 11.3 Å². The minimum absolute atomic E-state index is 0.225. The van der Waals surface area contributed by atoms with Crippen LogP contribution in [0.5, 0.6) is 0 Å². The highest BCUT2D eigenvalue weighted by Crippen LogP contribution is 2.05. The number of hydrogen-bond acceptors (Lipinski definition) is 4. The van der Waals surface area contributed by atoms with E-state index >= 15 is 0 Å². The van der Waals surface area contributed by atoms with Crippen LogP contribution in [0.25, 0.3) is 6.08 Å². The molecule has 1 aromatic carbocycles. The van der Waals surface area contributed by atoms with Gasteiger partial charge in [0, 0.05) is 6.08 Å². The monoisotopic (exact) mass is 303 g/mol. The molecule has 22 heavy (non-hydrogen) atoms. The van der Waals surface area contributed by atoms with Gasteiger partial charge in [0.2, 0.25) is 0 Å². The Morgan fingerprint density at radius 3 is 2.86 bits per heavy atom. The Morgan fingerprint density at radius 1 is 1.27 bits per heavy atom. The van der Waals surface area contributed by atoms with Crippen LogP contribution >= 0.6 is 0 Å². The van der Waals surface area contributed by atoms with Gasteiger partial charge in [-0.25, -0.2) is 9.18 Å². The third kappa shape index (κ3) is 5.24. The van der Waals surface area contributed by atoms with Crippen LogP contribution in [-0.4, -0.2) is 18.5 Å². The maximum Gasteiger partial charge on any atom is 0.331 e. The summed E-state index contributed by atoms with van der Waals surface area (Å²) in [5.74, 6) is -0.917. The highest BCUT2D eigenvalue weighted by Gasteiger charge is 2.05. The largest absolute Gasteiger partial charge is 0.467 e. The Balaban J connectivity index is 1.71. The molecule has 0 radical (unpaired) electrons. The summed E-state index contributed by atoms with van der Waals surface area (Å²) >= 11 is 0. The molecular weight excluding hydrogens is 289 g/mol. The van der Waals surface area contributed by atoms with Crippen molar-refractivity contribution in [3.8, 4) is 0 Å². The van der Waals surface area contributed by atoms with Gasteiger partial charge in [-0.2, -0.15) is 0 Å². The number of amides is 1. The molecule has 0 aliphatic heterocycles. The fourth-order valence-corrected chi connectivity index (χ4v) is 1.61. The average Bonchev–Trinajstić information content (AvgIpc) is 3.02. The molecule has 2 rings (SSSR count). The lowest BCUT2D eigenvalue weighted by molar-refractivity contribution is -0.143. The number of nitrogens with one attached hydrogen (secondary N) is 1. The summed E-state index contributed by atoms with van der Waals surface area (Å²) in [7, 11) is 0. The van der Waals surface area contributed by atoms with Crippen molar-refractivity contribution >= 4 is 18.0 Å². The lowest BCUT2D eigenvalue weighted by atomic mass is 10.2. The molecule has 6 heteroatoms. The zero-order chi connectivity index (χ0) is 15.8. The summed E-state index contributed by atoms with van der Waals surface area (Å²) in [4.78, 5) is 22.9. The zero-order valence-corrected chi connectivity index (χ0v) is 11.6. The summed E-state index contributed by atoms with van der Waals surface area (Å²) in [6.45, 7) is -0.171. The predicted molar refractivity (Wildman–Crippen MR) is 76.9 cm³/mol. The summed E-state index contributed by atoms with van der Waals surface area (Å²) in [6, 6.07) is 9.18. The number of esters is 1. The van der Waals surface area contributed by atoms with Gasteiger partial charge in [-0.3, -0.25) is 4.79 Å². The zero-order valence-electron chi connectivity index (χ0n) is 11.6. The maximum absolute atomic E-state index is 12.9. The van der Waals surface area contributed by atoms with Crippen molar-refractivity contribution in [1.82, 2.24) is 5.32 Å². The Hall–Kier alpha value is -2.89. The highest BCUT2D eigenvalue weighted by atomic mass is 19.1. The molecule has 0 aliphatic carbocycles. The minimum Gasteiger partial charge on any atom is -0.467 e. The van der Waals surface area contributed by atoms with E-state index in [0.717, 1.165) is 6.08 Å². The lowest BCUT2D eigenvalue weighted by Gasteiger charge is -2.03. The van der Waals surface area contributed by atoms with Crippen LogP contribution in [0.1, 0.15) is 11.3 Å². The quantitative estimate of drug-likeness (QED) is 0.656. The maximum atomic E-state index is 12.9. The van der Waals surface area contributed by atoms with Gasteiger partial charge in [0.25, 0.3) is 5.91 Å². The fourth-order valence-electron chi connectivity index (χ4n) is 1.61. The first kappa shape index (κ1) is 15.5. The molecule has 0 spiro atoms. The van der Waals surface area contributed by atoms with E-state index in [2.05, 4.69) is 5.32 Å². The Kier molecular flexibility index (Phi) is 5.48. The lowest BCUT2D eigenvalue weighted by Crippen LogP contribution is -2.27. The summed E-state index contributed by atoms with van der Waals surface area (Å²) in [5.41, 5.74) is 0.527. The Bertz CT molecular complexity index is 665. The van der Waals surface area contributed by atoms with Gasteiger partial charge in [0.1, 0.15) is 11.6 Å². The standard InChI is InChI=1S/C16H14FNO4/c17-13-4-1-3-12(9-13)6-7-16(20)22-11-15(19)18-10-14-5-2-8-21-14/h1-9H,10-11H2,(H,18,19)/b7-6-. The van der Waals surface area contributed by atoms with E-state index in [1.807, 2.05) is 0 Å². The fraction of sp³-hybridized carbons (Fsp3) is 0.125. The second-order valence-electron chi connectivity index (χ2n) is 4.35. The second-order valence-corrected chi connectivity index (χ2v) is 4.35. The van der Waals surface area contributed by atoms with Crippen LogP contribution in [-0.2, 0) is 20.9 Å². The molecule has 0 saturated heterocycles. The van der Waals surface area contributed by atoms with E-state index in [9.17, 15) is 14.0 Å². The molecule has 0 saturated carbocycles. The number of benzene rings is 1. The number of halogens is 1. The van der Waals surface area contributed by atoms with Crippen LogP contribution in [0.3, 0.4) is 0 Å². The molecule has 5 nitrogen and oxygen atoms in total. The summed E-state index contributed by atoms with van der Waals surface area (Å²) in [5, 5.41) is 2.54. The van der Waals surface area contributed by atoms with Crippen molar-refractivity contribution in [3.63, 3.8) is 0 Å². The average molecular weight is 303 g/mol. The van der Waals surface area contributed by atoms with Gasteiger partial charge in [0.15, 0.2) is 6.61 Å². The second kappa shape index (κ2) is 7.78. The molecule has 1 heterocycles. The molecule has 0 bridgehead atoms. The number of ether oxygens (including phenoxy) is 1. The smallest absolute Gasteiger partial charge is 0.331 e. The topological polar surface area (TPSA) is 68.5 Å². The number of rotatable bonds is 6. The Morgan fingerprint density at radius 2 is 2.14 bits per heavy atom. The number of carbonyl (C=O) groups is 2. The first-order valence-corrected chi connectivity index (χ1v) is 6.53. The van der Waals surface area contributed by atoms with E-state index in [1.54, 1.807) is 18.2 Å². The van der Waals surface area contributed by atoms with Crippen LogP contribution < -0.4 is 5.32 Å². The first-order valence-electron chi connectivity index (χ1n) is 6.53. The third-order valence-corrected chi connectivity index (χ3v) is 2.65.